The zero-order valence-corrected chi connectivity index (χ0v) is 6.37. The highest BCUT2D eigenvalue weighted by atomic mass is 19.1. The summed E-state index contributed by atoms with van der Waals surface area (Å²) in [6.07, 6.45) is 1.04. The minimum atomic E-state index is -0.764. The van der Waals surface area contributed by atoms with Gasteiger partial charge in [-0.2, -0.15) is 0 Å². The van der Waals surface area contributed by atoms with Crippen LogP contribution in [0.4, 0.5) is 10.2 Å². The Hall–Kier alpha value is -1.65. The van der Waals surface area contributed by atoms with Crippen LogP contribution in [0.15, 0.2) is 12.3 Å². The number of esters is 1. The van der Waals surface area contributed by atoms with E-state index in [1.54, 1.807) is 0 Å². The Kier molecular flexibility index (Phi) is 2.23. The summed E-state index contributed by atoms with van der Waals surface area (Å²) >= 11 is 0. The summed E-state index contributed by atoms with van der Waals surface area (Å²) in [7, 11) is 1.16. The van der Waals surface area contributed by atoms with Gasteiger partial charge in [0.05, 0.1) is 7.11 Å². The highest BCUT2D eigenvalue weighted by molar-refractivity contribution is 5.89. The number of hydrogen-bond donors (Lipinski definition) is 1. The summed E-state index contributed by atoms with van der Waals surface area (Å²) in [6, 6.07) is 0.965. The first-order valence-corrected chi connectivity index (χ1v) is 3.14. The summed E-state index contributed by atoms with van der Waals surface area (Å²) in [6.45, 7) is 0. The molecule has 0 amide bonds. The van der Waals surface area contributed by atoms with Gasteiger partial charge in [-0.05, 0) is 0 Å². The van der Waals surface area contributed by atoms with E-state index in [1.165, 1.54) is 0 Å². The lowest BCUT2D eigenvalue weighted by Crippen LogP contribution is -2.06. The number of rotatable bonds is 1. The number of nitrogen functional groups attached to an aromatic ring is 1. The predicted octanol–water partition coefficient (Wildman–Crippen LogP) is 0.590. The number of nitrogens with zero attached hydrogens (tertiary/aromatic N) is 1. The number of nitrogens with two attached hydrogens (primary N) is 1. The zero-order chi connectivity index (χ0) is 9.14. The third kappa shape index (κ3) is 1.50. The molecule has 0 aliphatic heterocycles. The second-order valence-electron chi connectivity index (χ2n) is 2.08. The molecule has 64 valence electrons. The van der Waals surface area contributed by atoms with E-state index in [4.69, 9.17) is 5.73 Å². The van der Waals surface area contributed by atoms with Crippen molar-refractivity contribution in [3.63, 3.8) is 0 Å². The van der Waals surface area contributed by atoms with E-state index in [1.807, 2.05) is 0 Å². The molecule has 5 heteroatoms. The van der Waals surface area contributed by atoms with Gasteiger partial charge in [0.1, 0.15) is 17.2 Å². The molecule has 12 heavy (non-hydrogen) atoms. The molecular weight excluding hydrogens is 163 g/mol. The van der Waals surface area contributed by atoms with E-state index < -0.39 is 11.8 Å². The monoisotopic (exact) mass is 170 g/mol. The molecule has 4 nitrogen and oxygen atoms in total. The molecule has 0 saturated heterocycles. The average Bonchev–Trinajstić information content (AvgIpc) is 2.03. The second kappa shape index (κ2) is 3.17. The van der Waals surface area contributed by atoms with Crippen LogP contribution in [-0.2, 0) is 4.74 Å². The highest BCUT2D eigenvalue weighted by Crippen LogP contribution is 2.09. The van der Waals surface area contributed by atoms with Crippen LogP contribution in [0.5, 0.6) is 0 Å². The maximum Gasteiger partial charge on any atom is 0.342 e. The Morgan fingerprint density at radius 1 is 1.75 bits per heavy atom. The van der Waals surface area contributed by atoms with Crippen molar-refractivity contribution in [2.24, 2.45) is 0 Å². The normalized spacial score (nSPS) is 9.50. The molecule has 0 fully saturated rings. The van der Waals surface area contributed by atoms with Crippen LogP contribution in [0.2, 0.25) is 0 Å². The second-order valence-corrected chi connectivity index (χ2v) is 2.08. The van der Waals surface area contributed by atoms with E-state index >= 15 is 0 Å². The Balaban J connectivity index is 3.09. The lowest BCUT2D eigenvalue weighted by atomic mass is 10.3. The Labute approximate surface area is 68.2 Å². The molecule has 1 rings (SSSR count). The van der Waals surface area contributed by atoms with Crippen molar-refractivity contribution in [3.8, 4) is 0 Å². The van der Waals surface area contributed by atoms with Crippen molar-refractivity contribution < 1.29 is 13.9 Å². The molecule has 0 saturated carbocycles. The summed E-state index contributed by atoms with van der Waals surface area (Å²) < 4.78 is 17.2. The van der Waals surface area contributed by atoms with Crippen LogP contribution < -0.4 is 5.73 Å². The van der Waals surface area contributed by atoms with Crippen molar-refractivity contribution in [2.75, 3.05) is 12.8 Å². The maximum atomic E-state index is 12.9. The molecule has 1 aromatic rings. The van der Waals surface area contributed by atoms with Gasteiger partial charge in [-0.1, -0.05) is 0 Å². The number of anilines is 1. The fourth-order valence-electron chi connectivity index (χ4n) is 0.706. The maximum absolute atomic E-state index is 12.9. The van der Waals surface area contributed by atoms with Gasteiger partial charge in [0.2, 0.25) is 0 Å². The van der Waals surface area contributed by atoms with Gasteiger partial charge in [-0.15, -0.1) is 0 Å². The first-order chi connectivity index (χ1) is 5.65. The lowest BCUT2D eigenvalue weighted by Gasteiger charge is -1.99. The molecular formula is C7H7FN2O2. The topological polar surface area (TPSA) is 65.2 Å². The molecule has 2 N–H and O–H groups in total. The van der Waals surface area contributed by atoms with E-state index in [9.17, 15) is 9.18 Å². The number of carbonyl (C=O) groups excluding carboxylic acids is 1. The molecule has 1 aromatic heterocycles. The summed E-state index contributed by atoms with van der Waals surface area (Å²) in [4.78, 5) is 14.3. The Morgan fingerprint density at radius 3 is 2.92 bits per heavy atom. The third-order valence-corrected chi connectivity index (χ3v) is 1.28. The Morgan fingerprint density at radius 2 is 2.42 bits per heavy atom. The predicted molar refractivity (Wildman–Crippen MR) is 39.9 cm³/mol. The minimum absolute atomic E-state index is 0.0279. The van der Waals surface area contributed by atoms with Gasteiger partial charge in [-0.3, -0.25) is 0 Å². The van der Waals surface area contributed by atoms with Gasteiger partial charge >= 0.3 is 5.97 Å². The Bertz CT molecular complexity index is 314. The van der Waals surface area contributed by atoms with Gasteiger partial charge in [0.15, 0.2) is 0 Å². The molecule has 0 aromatic carbocycles. The first-order valence-electron chi connectivity index (χ1n) is 3.14. The third-order valence-electron chi connectivity index (χ3n) is 1.28. The van der Waals surface area contributed by atoms with E-state index in [2.05, 4.69) is 9.72 Å². The molecule has 0 atom stereocenters. The quantitative estimate of drug-likeness (QED) is 0.626. The SMILES string of the molecule is COC(=O)c1cnc(N)cc1F. The van der Waals surface area contributed by atoms with E-state index in [0.717, 1.165) is 19.4 Å². The number of methoxy groups -OCH3 is 1. The molecule has 0 unspecified atom stereocenters. The molecule has 0 aliphatic carbocycles. The average molecular weight is 170 g/mol. The van der Waals surface area contributed by atoms with E-state index in [-0.39, 0.29) is 11.4 Å². The summed E-state index contributed by atoms with van der Waals surface area (Å²) in [5, 5.41) is 0. The van der Waals surface area contributed by atoms with Crippen LogP contribution in [0.3, 0.4) is 0 Å². The number of carbonyl (C=O) groups is 1. The fourth-order valence-corrected chi connectivity index (χ4v) is 0.706. The minimum Gasteiger partial charge on any atom is -0.465 e. The summed E-state index contributed by atoms with van der Waals surface area (Å²) in [5.74, 6) is -1.46. The van der Waals surface area contributed by atoms with Crippen LogP contribution in [0, 0.1) is 5.82 Å². The van der Waals surface area contributed by atoms with Crippen LogP contribution in [-0.4, -0.2) is 18.1 Å². The van der Waals surface area contributed by atoms with Gasteiger partial charge in [-0.25, -0.2) is 14.2 Å². The number of hydrogen-bond acceptors (Lipinski definition) is 4. The highest BCUT2D eigenvalue weighted by Gasteiger charge is 2.11. The van der Waals surface area contributed by atoms with Crippen LogP contribution in [0.25, 0.3) is 0 Å². The molecule has 0 aliphatic rings. The number of ether oxygens (including phenoxy) is 1. The van der Waals surface area contributed by atoms with Crippen molar-refractivity contribution >= 4 is 11.8 Å². The molecule has 0 spiro atoms. The molecule has 1 heterocycles. The summed E-state index contributed by atoms with van der Waals surface area (Å²) in [5.41, 5.74) is 4.95. The standard InChI is InChI=1S/C7H7FN2O2/c1-12-7(11)4-3-10-6(9)2-5(4)8/h2-3H,1H3,(H2,9,10). The molecule has 0 radical (unpaired) electrons. The lowest BCUT2D eigenvalue weighted by molar-refractivity contribution is 0.0595. The number of pyridine rings is 1. The van der Waals surface area contributed by atoms with E-state index in [0.29, 0.717) is 0 Å². The van der Waals surface area contributed by atoms with Crippen molar-refractivity contribution in [1.82, 2.24) is 4.98 Å². The number of aromatic nitrogens is 1. The zero-order valence-electron chi connectivity index (χ0n) is 6.37. The smallest absolute Gasteiger partial charge is 0.342 e. The van der Waals surface area contributed by atoms with Crippen molar-refractivity contribution in [1.29, 1.82) is 0 Å². The van der Waals surface area contributed by atoms with Gasteiger partial charge in [0.25, 0.3) is 0 Å². The molecule has 0 bridgehead atoms. The first kappa shape index (κ1) is 8.45. The van der Waals surface area contributed by atoms with Gasteiger partial charge < -0.3 is 10.5 Å². The van der Waals surface area contributed by atoms with Crippen molar-refractivity contribution in [2.45, 2.75) is 0 Å². The number of halogens is 1. The largest absolute Gasteiger partial charge is 0.465 e. The van der Waals surface area contributed by atoms with Gasteiger partial charge in [0, 0.05) is 12.3 Å². The van der Waals surface area contributed by atoms with Crippen LogP contribution in [0.1, 0.15) is 10.4 Å². The fraction of sp³-hybridized carbons (Fsp3) is 0.143. The van der Waals surface area contributed by atoms with Crippen molar-refractivity contribution in [3.05, 3.63) is 23.6 Å². The van der Waals surface area contributed by atoms with Crippen LogP contribution >= 0.6 is 0 Å².